The number of nitrogens with zero attached hydrogens (tertiary/aromatic N) is 2. The Hall–Kier alpha value is -3.36. The lowest BCUT2D eigenvalue weighted by Gasteiger charge is -2.33. The minimum absolute atomic E-state index is 0. The van der Waals surface area contributed by atoms with Crippen molar-refractivity contribution in [2.45, 2.75) is 90.9 Å². The minimum atomic E-state index is -4.01. The van der Waals surface area contributed by atoms with Gasteiger partial charge in [0.05, 0.1) is 76.1 Å². The van der Waals surface area contributed by atoms with E-state index >= 15 is 0 Å². The second-order valence-corrected chi connectivity index (χ2v) is 23.7. The zero-order valence-corrected chi connectivity index (χ0v) is 43.2. The van der Waals surface area contributed by atoms with Crippen molar-refractivity contribution in [3.63, 3.8) is 0 Å². The van der Waals surface area contributed by atoms with E-state index < -0.39 is 53.0 Å². The Labute approximate surface area is 395 Å². The van der Waals surface area contributed by atoms with Gasteiger partial charge in [-0.3, -0.25) is 37.8 Å². The summed E-state index contributed by atoms with van der Waals surface area (Å²) in [5, 5.41) is -2.63. The number of carbonyl (C=O) groups excluding carboxylic acids is 2. The molecule has 17 nitrogen and oxygen atoms in total. The number of pyridine rings is 2. The summed E-state index contributed by atoms with van der Waals surface area (Å²) in [5.74, 6) is -2.25. The largest absolute Gasteiger partial charge is 0.412 e. The van der Waals surface area contributed by atoms with Crippen LogP contribution in [-0.4, -0.2) is 90.7 Å². The SMILES string of the molecule is CCOP(=O)(OCC)C(CC(C(=O)c1ccccc1)c1ccccn1)P(=O)(OCC)OCC.CCOP(=O)(OCC)C(CC(C(=O)c1ccccc1)c1ccccn1)P(=O)(OCC)OCC.O. The number of benzene rings is 2. The number of Topliss-reactive ketones (excluding diaryl/α,β-unsaturated/α-hetero) is 2. The van der Waals surface area contributed by atoms with Gasteiger partial charge in [-0.2, -0.15) is 0 Å². The lowest BCUT2D eigenvalue weighted by molar-refractivity contribution is 0.0943. The number of rotatable bonds is 30. The van der Waals surface area contributed by atoms with Crippen LogP contribution in [0.15, 0.2) is 109 Å². The fraction of sp³-hybridized carbons (Fsp3) is 0.478. The molecule has 0 saturated carbocycles. The summed E-state index contributed by atoms with van der Waals surface area (Å²) >= 11 is 0. The Morgan fingerprint density at radius 3 is 0.851 bits per heavy atom. The first-order valence-electron chi connectivity index (χ1n) is 22.2. The van der Waals surface area contributed by atoms with Crippen LogP contribution in [0.5, 0.6) is 0 Å². The molecule has 4 rings (SSSR count). The van der Waals surface area contributed by atoms with Crippen molar-refractivity contribution in [1.82, 2.24) is 9.97 Å². The van der Waals surface area contributed by atoms with Gasteiger partial charge in [0.15, 0.2) is 22.4 Å². The van der Waals surface area contributed by atoms with E-state index in [-0.39, 0.29) is 82.7 Å². The van der Waals surface area contributed by atoms with Gasteiger partial charge in [0, 0.05) is 23.5 Å². The fourth-order valence-corrected chi connectivity index (χ4v) is 17.9. The molecule has 4 aromatic rings. The van der Waals surface area contributed by atoms with Gasteiger partial charge < -0.3 is 41.7 Å². The second kappa shape index (κ2) is 30.3. The molecule has 2 aromatic heterocycles. The van der Waals surface area contributed by atoms with Gasteiger partial charge in [-0.25, -0.2) is 0 Å². The molecule has 0 saturated heterocycles. The summed E-state index contributed by atoms with van der Waals surface area (Å²) in [7, 11) is -16.0. The molecule has 2 unspecified atom stereocenters. The van der Waals surface area contributed by atoms with Crippen LogP contribution in [0.25, 0.3) is 0 Å². The van der Waals surface area contributed by atoms with E-state index in [1.165, 1.54) is 0 Å². The average Bonchev–Trinajstić information content (AvgIpc) is 3.31. The monoisotopic (exact) mass is 1010 g/mol. The smallest absolute Gasteiger partial charge is 0.345 e. The quantitative estimate of drug-likeness (QED) is 0.0349. The predicted octanol–water partition coefficient (Wildman–Crippen LogP) is 11.8. The molecule has 2 N–H and O–H groups in total. The first-order chi connectivity index (χ1) is 31.7. The molecule has 67 heavy (non-hydrogen) atoms. The van der Waals surface area contributed by atoms with Gasteiger partial charge in [0.25, 0.3) is 0 Å². The molecule has 0 fully saturated rings. The molecule has 0 spiro atoms. The van der Waals surface area contributed by atoms with Gasteiger partial charge in [-0.15, -0.1) is 0 Å². The molecule has 2 heterocycles. The summed E-state index contributed by atoms with van der Waals surface area (Å²) in [5.41, 5.74) is 1.82. The first kappa shape index (κ1) is 59.8. The molecule has 0 aliphatic heterocycles. The lowest BCUT2D eigenvalue weighted by atomic mass is 9.92. The molecule has 2 aromatic carbocycles. The summed E-state index contributed by atoms with van der Waals surface area (Å²) in [6.45, 7) is 13.8. The summed E-state index contributed by atoms with van der Waals surface area (Å²) in [6.07, 6.45) is 2.84. The van der Waals surface area contributed by atoms with E-state index in [9.17, 15) is 27.8 Å². The highest BCUT2D eigenvalue weighted by Crippen LogP contribution is 2.73. The third-order valence-corrected chi connectivity index (χ3v) is 21.8. The van der Waals surface area contributed by atoms with Crippen molar-refractivity contribution in [2.75, 3.05) is 52.9 Å². The van der Waals surface area contributed by atoms with Gasteiger partial charge in [-0.05, 0) is 92.5 Å². The molecular formula is C46H68N2O15P4. The van der Waals surface area contributed by atoms with Crippen molar-refractivity contribution in [3.05, 3.63) is 132 Å². The zero-order chi connectivity index (χ0) is 48.6. The Kier molecular flexibility index (Phi) is 27.0. The Morgan fingerprint density at radius 1 is 0.403 bits per heavy atom. The lowest BCUT2D eigenvalue weighted by Crippen LogP contribution is -2.24. The highest BCUT2D eigenvalue weighted by molar-refractivity contribution is 7.73. The molecule has 0 aliphatic carbocycles. The number of ketones is 2. The Morgan fingerprint density at radius 2 is 0.642 bits per heavy atom. The number of aromatic nitrogens is 2. The molecule has 372 valence electrons. The van der Waals surface area contributed by atoms with Gasteiger partial charge in [-0.1, -0.05) is 72.8 Å². The fourth-order valence-electron chi connectivity index (χ4n) is 7.06. The third kappa shape index (κ3) is 16.9. The zero-order valence-electron chi connectivity index (χ0n) is 39.7. The summed E-state index contributed by atoms with van der Waals surface area (Å²) in [6, 6.07) is 27.9. The minimum Gasteiger partial charge on any atom is -0.412 e. The van der Waals surface area contributed by atoms with E-state index in [0.717, 1.165) is 0 Å². The summed E-state index contributed by atoms with van der Waals surface area (Å²) in [4.78, 5) is 35.9. The standard InChI is InChI=1S/2C23H33NO7P2.H2O/c2*1-5-28-32(26,29-6-2)22(33(27,30-7-3)31-8-4)18-20(21-16-12-13-17-24-21)23(25)19-14-10-9-11-15-19;/h2*9-17,20,22H,5-8,18H2,1-4H3;1H2. The number of hydrogen-bond acceptors (Lipinski definition) is 16. The summed E-state index contributed by atoms with van der Waals surface area (Å²) < 4.78 is 100. The normalized spacial score (nSPS) is 13.0. The van der Waals surface area contributed by atoms with E-state index in [4.69, 9.17) is 36.2 Å². The van der Waals surface area contributed by atoms with Crippen molar-refractivity contribution >= 4 is 41.9 Å². The predicted molar refractivity (Wildman–Crippen MR) is 259 cm³/mol. The van der Waals surface area contributed by atoms with Crippen LogP contribution in [-0.2, 0) is 54.5 Å². The maximum atomic E-state index is 13.9. The van der Waals surface area contributed by atoms with Crippen LogP contribution in [0.4, 0.5) is 0 Å². The number of carbonyl (C=O) groups is 2. The molecule has 0 aliphatic rings. The van der Waals surface area contributed by atoms with E-state index in [1.807, 2.05) is 12.1 Å². The van der Waals surface area contributed by atoms with Crippen LogP contribution in [0.3, 0.4) is 0 Å². The van der Waals surface area contributed by atoms with E-state index in [0.29, 0.717) is 22.5 Å². The topological polar surface area (TPSA) is 234 Å². The highest BCUT2D eigenvalue weighted by atomic mass is 31.2. The maximum Gasteiger partial charge on any atom is 0.345 e. The molecule has 0 amide bonds. The van der Waals surface area contributed by atoms with Crippen molar-refractivity contribution in [1.29, 1.82) is 0 Å². The third-order valence-electron chi connectivity index (χ3n) is 9.66. The van der Waals surface area contributed by atoms with Gasteiger partial charge in [0.2, 0.25) is 0 Å². The van der Waals surface area contributed by atoms with E-state index in [1.54, 1.807) is 153 Å². The van der Waals surface area contributed by atoms with Crippen LogP contribution >= 0.6 is 30.4 Å². The van der Waals surface area contributed by atoms with Crippen molar-refractivity contribution in [2.24, 2.45) is 0 Å². The Balaban J connectivity index is 0.000000453. The van der Waals surface area contributed by atoms with Crippen LogP contribution in [0, 0.1) is 0 Å². The molecule has 0 radical (unpaired) electrons. The van der Waals surface area contributed by atoms with Crippen LogP contribution < -0.4 is 0 Å². The van der Waals surface area contributed by atoms with Gasteiger partial charge >= 0.3 is 30.4 Å². The maximum absolute atomic E-state index is 13.9. The van der Waals surface area contributed by atoms with Crippen molar-refractivity contribution in [3.8, 4) is 0 Å². The molecule has 2 atom stereocenters. The molecular weight excluding hydrogens is 944 g/mol. The molecule has 21 heteroatoms. The molecule has 0 bridgehead atoms. The second-order valence-electron chi connectivity index (χ2n) is 14.0. The van der Waals surface area contributed by atoms with Crippen LogP contribution in [0.1, 0.15) is 112 Å². The van der Waals surface area contributed by atoms with E-state index in [2.05, 4.69) is 9.97 Å². The van der Waals surface area contributed by atoms with Crippen molar-refractivity contribution < 1.29 is 69.5 Å². The highest BCUT2D eigenvalue weighted by Gasteiger charge is 2.54. The van der Waals surface area contributed by atoms with Crippen LogP contribution in [0.2, 0.25) is 0 Å². The Bertz CT molecular complexity index is 1970. The van der Waals surface area contributed by atoms with Gasteiger partial charge in [0.1, 0.15) is 0 Å². The average molecular weight is 1010 g/mol. The number of hydrogen-bond donors (Lipinski definition) is 0. The first-order valence-corrected chi connectivity index (χ1v) is 28.7.